The fourth-order valence-electron chi connectivity index (χ4n) is 3.16. The van der Waals surface area contributed by atoms with Crippen LogP contribution in [0.1, 0.15) is 26.2 Å². The maximum absolute atomic E-state index is 12.6. The second kappa shape index (κ2) is 9.75. The van der Waals surface area contributed by atoms with Crippen LogP contribution in [0.4, 0.5) is 5.95 Å². The Kier molecular flexibility index (Phi) is 7.68. The van der Waals surface area contributed by atoms with Crippen LogP contribution in [0, 0.1) is 5.92 Å². The fourth-order valence-corrected chi connectivity index (χ4v) is 3.16. The fraction of sp³-hybridized carbons (Fsp3) is 0.556. The highest BCUT2D eigenvalue weighted by atomic mass is 35.5. The number of aryl methyl sites for hydroxylation is 1. The average Bonchev–Trinajstić information content (AvgIpc) is 2.97. The Morgan fingerprint density at radius 3 is 2.88 bits per heavy atom. The zero-order chi connectivity index (χ0) is 16.8. The molecule has 1 fully saturated rings. The number of nitrogens with one attached hydrogen (secondary N) is 2. The molecule has 2 heterocycles. The van der Waals surface area contributed by atoms with Gasteiger partial charge in [0.25, 0.3) is 0 Å². The maximum atomic E-state index is 12.6. The van der Waals surface area contributed by atoms with Crippen LogP contribution in [0.15, 0.2) is 24.3 Å². The van der Waals surface area contributed by atoms with Gasteiger partial charge in [0.15, 0.2) is 0 Å². The van der Waals surface area contributed by atoms with Crippen LogP contribution in [-0.2, 0) is 16.1 Å². The minimum atomic E-state index is 0. The van der Waals surface area contributed by atoms with Crippen LogP contribution >= 0.6 is 12.4 Å². The van der Waals surface area contributed by atoms with Crippen LogP contribution in [0.5, 0.6) is 0 Å². The summed E-state index contributed by atoms with van der Waals surface area (Å²) in [6.07, 6.45) is 2.66. The monoisotopic (exact) mass is 366 g/mol. The number of hydrogen-bond donors (Lipinski definition) is 2. The molecular weight excluding hydrogens is 340 g/mol. The van der Waals surface area contributed by atoms with Crippen molar-refractivity contribution in [2.24, 2.45) is 5.92 Å². The third-order valence-corrected chi connectivity index (χ3v) is 4.47. The predicted octanol–water partition coefficient (Wildman–Crippen LogP) is 2.82. The molecule has 6 nitrogen and oxygen atoms in total. The molecule has 0 unspecified atom stereocenters. The van der Waals surface area contributed by atoms with Gasteiger partial charge in [0.2, 0.25) is 11.9 Å². The predicted molar refractivity (Wildman–Crippen MR) is 102 cm³/mol. The van der Waals surface area contributed by atoms with Gasteiger partial charge in [0, 0.05) is 25.7 Å². The molecule has 0 aliphatic carbocycles. The SMILES string of the molecule is CCOCCCn1c(NC(=O)C2CCNCC2)nc2ccccc21.Cl. The van der Waals surface area contributed by atoms with Crippen molar-refractivity contribution in [3.63, 3.8) is 0 Å². The van der Waals surface area contributed by atoms with E-state index < -0.39 is 0 Å². The lowest BCUT2D eigenvalue weighted by Gasteiger charge is -2.21. The summed E-state index contributed by atoms with van der Waals surface area (Å²) in [7, 11) is 0. The summed E-state index contributed by atoms with van der Waals surface area (Å²) in [6.45, 7) is 6.03. The van der Waals surface area contributed by atoms with Crippen molar-refractivity contribution in [3.05, 3.63) is 24.3 Å². The van der Waals surface area contributed by atoms with Gasteiger partial charge in [-0.3, -0.25) is 10.1 Å². The zero-order valence-corrected chi connectivity index (χ0v) is 15.5. The molecule has 0 spiro atoms. The third-order valence-electron chi connectivity index (χ3n) is 4.47. The highest BCUT2D eigenvalue weighted by Gasteiger charge is 2.22. The van der Waals surface area contributed by atoms with Gasteiger partial charge in [-0.25, -0.2) is 4.98 Å². The lowest BCUT2D eigenvalue weighted by molar-refractivity contribution is -0.120. The molecule has 0 bridgehead atoms. The van der Waals surface area contributed by atoms with E-state index in [1.54, 1.807) is 0 Å². The van der Waals surface area contributed by atoms with Crippen molar-refractivity contribution in [2.45, 2.75) is 32.7 Å². The van der Waals surface area contributed by atoms with Gasteiger partial charge in [-0.15, -0.1) is 12.4 Å². The van der Waals surface area contributed by atoms with Gasteiger partial charge in [0.05, 0.1) is 11.0 Å². The first kappa shape index (κ1) is 19.7. The van der Waals surface area contributed by atoms with Crippen molar-refractivity contribution in [1.29, 1.82) is 0 Å². The van der Waals surface area contributed by atoms with Crippen molar-refractivity contribution in [1.82, 2.24) is 14.9 Å². The summed E-state index contributed by atoms with van der Waals surface area (Å²) in [5.41, 5.74) is 1.96. The number of fused-ring (bicyclic) bond motifs is 1. The molecule has 25 heavy (non-hydrogen) atoms. The maximum Gasteiger partial charge on any atom is 0.229 e. The van der Waals surface area contributed by atoms with Gasteiger partial charge in [-0.2, -0.15) is 0 Å². The van der Waals surface area contributed by atoms with Gasteiger partial charge in [-0.1, -0.05) is 12.1 Å². The van der Waals surface area contributed by atoms with Crippen LogP contribution in [0.3, 0.4) is 0 Å². The summed E-state index contributed by atoms with van der Waals surface area (Å²) in [6, 6.07) is 8.00. The number of ether oxygens (including phenoxy) is 1. The molecule has 1 aliphatic heterocycles. The summed E-state index contributed by atoms with van der Waals surface area (Å²) in [4.78, 5) is 17.2. The number of carbonyl (C=O) groups excluding carboxylic acids is 1. The number of para-hydroxylation sites is 2. The molecule has 1 saturated heterocycles. The number of carbonyl (C=O) groups is 1. The Morgan fingerprint density at radius 1 is 1.36 bits per heavy atom. The second-order valence-corrected chi connectivity index (χ2v) is 6.14. The van der Waals surface area contributed by atoms with Crippen molar-refractivity contribution < 1.29 is 9.53 Å². The minimum absolute atomic E-state index is 0. The number of halogens is 1. The standard InChI is InChI=1S/C18H26N4O2.ClH/c1-2-24-13-5-12-22-16-7-4-3-6-15(16)20-18(22)21-17(23)14-8-10-19-11-9-14;/h3-4,6-7,14,19H,2,5,8-13H2,1H3,(H,20,21,23);1H. The lowest BCUT2D eigenvalue weighted by Crippen LogP contribution is -2.35. The number of aromatic nitrogens is 2. The molecule has 1 amide bonds. The average molecular weight is 367 g/mol. The molecule has 138 valence electrons. The second-order valence-electron chi connectivity index (χ2n) is 6.14. The van der Waals surface area contributed by atoms with Crippen LogP contribution < -0.4 is 10.6 Å². The largest absolute Gasteiger partial charge is 0.382 e. The topological polar surface area (TPSA) is 68.2 Å². The molecule has 0 saturated carbocycles. The number of imidazole rings is 1. The first-order valence-corrected chi connectivity index (χ1v) is 8.84. The van der Waals surface area contributed by atoms with E-state index in [2.05, 4.69) is 20.2 Å². The molecule has 0 atom stereocenters. The first-order valence-electron chi connectivity index (χ1n) is 8.84. The van der Waals surface area contributed by atoms with E-state index in [1.807, 2.05) is 31.2 Å². The van der Waals surface area contributed by atoms with Gasteiger partial charge in [-0.05, 0) is 51.4 Å². The Morgan fingerprint density at radius 2 is 2.12 bits per heavy atom. The number of piperidine rings is 1. The van der Waals surface area contributed by atoms with E-state index in [0.717, 1.165) is 56.5 Å². The normalized spacial score (nSPS) is 15.1. The molecule has 3 rings (SSSR count). The number of amides is 1. The number of nitrogens with zero attached hydrogens (tertiary/aromatic N) is 2. The first-order chi connectivity index (χ1) is 11.8. The van der Waals surface area contributed by atoms with Gasteiger partial charge in [0.1, 0.15) is 0 Å². The highest BCUT2D eigenvalue weighted by molar-refractivity contribution is 5.93. The Balaban J connectivity index is 0.00000225. The van der Waals surface area contributed by atoms with E-state index in [4.69, 9.17) is 4.74 Å². The van der Waals surface area contributed by atoms with Crippen molar-refractivity contribution in [3.8, 4) is 0 Å². The number of hydrogen-bond acceptors (Lipinski definition) is 4. The number of anilines is 1. The van der Waals surface area contributed by atoms with Crippen LogP contribution in [0.25, 0.3) is 11.0 Å². The van der Waals surface area contributed by atoms with E-state index in [1.165, 1.54) is 0 Å². The van der Waals surface area contributed by atoms with E-state index in [-0.39, 0.29) is 24.2 Å². The smallest absolute Gasteiger partial charge is 0.229 e. The Bertz CT molecular complexity index is 683. The minimum Gasteiger partial charge on any atom is -0.382 e. The molecule has 2 aromatic rings. The molecular formula is C18H27ClN4O2. The number of benzene rings is 1. The quantitative estimate of drug-likeness (QED) is 0.739. The summed E-state index contributed by atoms with van der Waals surface area (Å²) in [5.74, 6) is 0.803. The zero-order valence-electron chi connectivity index (χ0n) is 14.7. The molecule has 1 aromatic carbocycles. The molecule has 0 radical (unpaired) electrons. The summed E-state index contributed by atoms with van der Waals surface area (Å²) in [5, 5.41) is 6.35. The third kappa shape index (κ3) is 4.93. The van der Waals surface area contributed by atoms with E-state index in [0.29, 0.717) is 12.6 Å². The van der Waals surface area contributed by atoms with Crippen LogP contribution in [-0.4, -0.2) is 41.8 Å². The Hall–Kier alpha value is -1.63. The highest BCUT2D eigenvalue weighted by Crippen LogP contribution is 2.22. The molecule has 1 aromatic heterocycles. The Labute approximate surface area is 154 Å². The van der Waals surface area contributed by atoms with E-state index >= 15 is 0 Å². The number of rotatable bonds is 7. The van der Waals surface area contributed by atoms with Crippen molar-refractivity contribution in [2.75, 3.05) is 31.6 Å². The molecule has 2 N–H and O–H groups in total. The molecule has 7 heteroatoms. The lowest BCUT2D eigenvalue weighted by atomic mass is 9.97. The summed E-state index contributed by atoms with van der Waals surface area (Å²) >= 11 is 0. The molecule has 1 aliphatic rings. The summed E-state index contributed by atoms with van der Waals surface area (Å²) < 4.78 is 7.52. The van der Waals surface area contributed by atoms with E-state index in [9.17, 15) is 4.79 Å². The van der Waals surface area contributed by atoms with Crippen molar-refractivity contribution >= 4 is 35.3 Å². The van der Waals surface area contributed by atoms with Gasteiger partial charge >= 0.3 is 0 Å². The van der Waals surface area contributed by atoms with Crippen LogP contribution in [0.2, 0.25) is 0 Å². The van der Waals surface area contributed by atoms with Gasteiger partial charge < -0.3 is 14.6 Å².